The summed E-state index contributed by atoms with van der Waals surface area (Å²) in [7, 11) is 0. The summed E-state index contributed by atoms with van der Waals surface area (Å²) < 4.78 is 4.74. The van der Waals surface area contributed by atoms with Crippen LogP contribution in [0.3, 0.4) is 0 Å². The van der Waals surface area contributed by atoms with Crippen molar-refractivity contribution >= 4 is 35.2 Å². The predicted octanol–water partition coefficient (Wildman–Crippen LogP) is 1.88. The molecule has 4 heterocycles. The minimum Gasteiger partial charge on any atom is -0.395 e. The molecule has 4 saturated heterocycles. The topological polar surface area (TPSA) is 93.6 Å². The highest BCUT2D eigenvalue weighted by molar-refractivity contribution is 8.02. The lowest BCUT2D eigenvalue weighted by molar-refractivity contribution is -0.143. The molecule has 5 rings (SSSR count). The zero-order valence-corrected chi connectivity index (χ0v) is 24.7. The predicted molar refractivity (Wildman–Crippen MR) is 160 cm³/mol. The molecule has 9 nitrogen and oxygen atoms in total. The van der Waals surface area contributed by atoms with Crippen molar-refractivity contribution in [3.63, 3.8) is 0 Å². The number of aliphatic hydroxyl groups is 1. The lowest BCUT2D eigenvalue weighted by Gasteiger charge is -2.41. The highest BCUT2D eigenvalue weighted by Gasteiger charge is 2.76. The van der Waals surface area contributed by atoms with Crippen LogP contribution in [0, 0.1) is 17.8 Å². The van der Waals surface area contributed by atoms with Crippen LogP contribution in [0.15, 0.2) is 55.6 Å². The number of para-hydroxylation sites is 1. The van der Waals surface area contributed by atoms with Crippen LogP contribution >= 0.6 is 11.8 Å². The lowest BCUT2D eigenvalue weighted by atomic mass is 9.65. The fourth-order valence-electron chi connectivity index (χ4n) is 7.38. The van der Waals surface area contributed by atoms with E-state index in [1.807, 2.05) is 30.3 Å². The Labute approximate surface area is 247 Å². The van der Waals surface area contributed by atoms with E-state index < -0.39 is 22.6 Å². The largest absolute Gasteiger partial charge is 0.395 e. The number of carbonyl (C=O) groups is 3. The molecule has 10 heteroatoms. The van der Waals surface area contributed by atoms with Gasteiger partial charge in [0, 0.05) is 56.8 Å². The van der Waals surface area contributed by atoms with E-state index >= 15 is 0 Å². The molecular formula is C31H42N4O5S. The maximum absolute atomic E-state index is 14.5. The summed E-state index contributed by atoms with van der Waals surface area (Å²) in [5.74, 6) is -1.55. The van der Waals surface area contributed by atoms with Crippen LogP contribution in [-0.4, -0.2) is 119 Å². The van der Waals surface area contributed by atoms with Gasteiger partial charge in [0.25, 0.3) is 0 Å². The molecule has 3 unspecified atom stereocenters. The minimum absolute atomic E-state index is 0.0579. The van der Waals surface area contributed by atoms with Crippen LogP contribution < -0.4 is 4.90 Å². The molecule has 1 aromatic carbocycles. The number of β-amino-alcohol motifs (C(OH)–C–C–N with tert-alkyl or cyclic N) is 1. The second kappa shape index (κ2) is 12.7. The molecule has 0 aliphatic carbocycles. The molecule has 1 N–H and O–H groups in total. The van der Waals surface area contributed by atoms with Gasteiger partial charge in [0.05, 0.1) is 36.4 Å². The number of hydrogen-bond donors (Lipinski definition) is 1. The second-order valence-electron chi connectivity index (χ2n) is 11.4. The van der Waals surface area contributed by atoms with Gasteiger partial charge >= 0.3 is 0 Å². The van der Waals surface area contributed by atoms with Crippen LogP contribution in [0.4, 0.5) is 5.69 Å². The first-order valence-corrected chi connectivity index (χ1v) is 15.5. The third kappa shape index (κ3) is 5.24. The zero-order valence-electron chi connectivity index (χ0n) is 23.9. The first-order chi connectivity index (χ1) is 19.9. The molecule has 41 heavy (non-hydrogen) atoms. The van der Waals surface area contributed by atoms with Gasteiger partial charge in [-0.15, -0.1) is 24.9 Å². The number of hydrogen-bond acceptors (Lipinski definition) is 7. The minimum atomic E-state index is -0.746. The Balaban J connectivity index is 1.47. The Bertz CT molecular complexity index is 1140. The van der Waals surface area contributed by atoms with E-state index in [-0.39, 0.29) is 42.0 Å². The molecule has 4 aliphatic rings. The number of rotatable bonds is 12. The van der Waals surface area contributed by atoms with E-state index in [1.54, 1.807) is 38.6 Å². The number of amides is 3. The fourth-order valence-corrected chi connectivity index (χ4v) is 9.78. The first-order valence-electron chi connectivity index (χ1n) is 14.6. The van der Waals surface area contributed by atoms with E-state index in [9.17, 15) is 19.5 Å². The second-order valence-corrected chi connectivity index (χ2v) is 13.0. The molecular weight excluding hydrogens is 540 g/mol. The van der Waals surface area contributed by atoms with Crippen molar-refractivity contribution in [1.82, 2.24) is 14.7 Å². The number of anilines is 1. The lowest BCUT2D eigenvalue weighted by Crippen LogP contribution is -2.58. The summed E-state index contributed by atoms with van der Waals surface area (Å²) in [5, 5.41) is 9.93. The monoisotopic (exact) mass is 582 g/mol. The summed E-state index contributed by atoms with van der Waals surface area (Å²) in [6.45, 7) is 14.6. The van der Waals surface area contributed by atoms with Crippen molar-refractivity contribution in [3.05, 3.63) is 55.6 Å². The molecule has 4 aliphatic heterocycles. The molecule has 6 atom stereocenters. The molecule has 222 valence electrons. The maximum Gasteiger partial charge on any atom is 0.247 e. The van der Waals surface area contributed by atoms with Gasteiger partial charge in [0.15, 0.2) is 0 Å². The Kier molecular flexibility index (Phi) is 9.23. The highest BCUT2D eigenvalue weighted by Crippen LogP contribution is 2.68. The molecule has 0 aromatic heterocycles. The molecule has 3 amide bonds. The Morgan fingerprint density at radius 3 is 2.49 bits per heavy atom. The van der Waals surface area contributed by atoms with Crippen molar-refractivity contribution in [2.24, 2.45) is 17.8 Å². The summed E-state index contributed by atoms with van der Waals surface area (Å²) in [6, 6.07) is 8.72. The molecule has 1 spiro atoms. The van der Waals surface area contributed by atoms with Gasteiger partial charge in [-0.1, -0.05) is 37.3 Å². The van der Waals surface area contributed by atoms with Gasteiger partial charge in [-0.25, -0.2) is 0 Å². The molecule has 1 aromatic rings. The van der Waals surface area contributed by atoms with E-state index in [2.05, 4.69) is 25.0 Å². The van der Waals surface area contributed by atoms with Crippen molar-refractivity contribution in [3.8, 4) is 0 Å². The summed E-state index contributed by atoms with van der Waals surface area (Å²) >= 11 is 1.66. The average Bonchev–Trinajstić information content (AvgIpc) is 3.58. The Hall–Kier alpha value is -2.66. The van der Waals surface area contributed by atoms with Gasteiger partial charge in [-0.3, -0.25) is 19.3 Å². The van der Waals surface area contributed by atoms with E-state index in [0.29, 0.717) is 39.4 Å². The third-order valence-electron chi connectivity index (χ3n) is 9.20. The van der Waals surface area contributed by atoms with Gasteiger partial charge < -0.3 is 24.5 Å². The van der Waals surface area contributed by atoms with Crippen molar-refractivity contribution in [1.29, 1.82) is 0 Å². The van der Waals surface area contributed by atoms with Crippen LogP contribution in [0.1, 0.15) is 13.3 Å². The van der Waals surface area contributed by atoms with Crippen molar-refractivity contribution in [2.75, 3.05) is 70.5 Å². The molecule has 0 saturated carbocycles. The number of aliphatic hydroxyl groups excluding tert-OH is 1. The molecule has 0 radical (unpaired) electrons. The highest BCUT2D eigenvalue weighted by atomic mass is 32.2. The summed E-state index contributed by atoms with van der Waals surface area (Å²) in [5.41, 5.74) is 0.762. The van der Waals surface area contributed by atoms with Crippen LogP contribution in [-0.2, 0) is 19.1 Å². The van der Waals surface area contributed by atoms with Gasteiger partial charge in [-0.2, -0.15) is 0 Å². The summed E-state index contributed by atoms with van der Waals surface area (Å²) in [4.78, 5) is 50.4. The van der Waals surface area contributed by atoms with E-state index in [1.165, 1.54) is 0 Å². The number of thioether (sulfide) groups is 1. The van der Waals surface area contributed by atoms with Gasteiger partial charge in [0.1, 0.15) is 6.04 Å². The average molecular weight is 583 g/mol. The van der Waals surface area contributed by atoms with Crippen LogP contribution in [0.5, 0.6) is 0 Å². The number of fused-ring (bicyclic) bond motifs is 1. The third-order valence-corrected chi connectivity index (χ3v) is 11.3. The molecule has 4 fully saturated rings. The van der Waals surface area contributed by atoms with Crippen molar-refractivity contribution < 1.29 is 24.2 Å². The number of nitrogens with zero attached hydrogens (tertiary/aromatic N) is 4. The Morgan fingerprint density at radius 2 is 1.83 bits per heavy atom. The molecule has 2 bridgehead atoms. The van der Waals surface area contributed by atoms with Crippen molar-refractivity contribution in [2.45, 2.75) is 29.4 Å². The number of benzene rings is 1. The SMILES string of the molecule is C=CCN(CCN1CCOCC1)C(=O)C1N(CCO)C(=O)[C@@H]2[C@H](C(=O)N(CC=C)c3ccccc3)[C@@H]3CC(C)C12S3. The zero-order chi connectivity index (χ0) is 29.1. The number of morpholine rings is 1. The van der Waals surface area contributed by atoms with Crippen LogP contribution in [0.25, 0.3) is 0 Å². The van der Waals surface area contributed by atoms with Crippen LogP contribution in [0.2, 0.25) is 0 Å². The smallest absolute Gasteiger partial charge is 0.247 e. The number of carbonyl (C=O) groups excluding carboxylic acids is 3. The van der Waals surface area contributed by atoms with E-state index in [0.717, 1.165) is 25.2 Å². The number of likely N-dealkylation sites (tertiary alicyclic amines) is 1. The first kappa shape index (κ1) is 29.8. The standard InChI is InChI=1S/C31H42N4O5S/c1-4-11-33(14-13-32-16-19-40-20-17-32)30(39)27-31-22(3)21-24(41-31)25(26(31)29(38)35(27)15-18-36)28(37)34(12-5-2)23-9-7-6-8-10-23/h4-10,22,24-27,36H,1-2,11-21H2,3H3/t22?,24-,25+,26-,27?,31?/m0/s1. The van der Waals surface area contributed by atoms with E-state index in [4.69, 9.17) is 4.74 Å². The normalized spacial score (nSPS) is 30.7. The van der Waals surface area contributed by atoms with Gasteiger partial charge in [-0.05, 0) is 24.5 Å². The maximum atomic E-state index is 14.5. The number of ether oxygens (including phenoxy) is 1. The van der Waals surface area contributed by atoms with Gasteiger partial charge in [0.2, 0.25) is 17.7 Å². The fraction of sp³-hybridized carbons (Fsp3) is 0.581. The Morgan fingerprint density at radius 1 is 1.12 bits per heavy atom. The quantitative estimate of drug-likeness (QED) is 0.376. The summed E-state index contributed by atoms with van der Waals surface area (Å²) in [6.07, 6.45) is 4.18.